The van der Waals surface area contributed by atoms with Crippen LogP contribution in [-0.2, 0) is 4.79 Å². The molecule has 26 heavy (non-hydrogen) atoms. The van der Waals surface area contributed by atoms with Crippen LogP contribution in [0.15, 0.2) is 48.5 Å². The van der Waals surface area contributed by atoms with Gasteiger partial charge in [-0.3, -0.25) is 4.79 Å². The molecule has 0 atom stereocenters. The van der Waals surface area contributed by atoms with E-state index in [1.807, 2.05) is 44.2 Å². The Morgan fingerprint density at radius 1 is 1.04 bits per heavy atom. The third-order valence-electron chi connectivity index (χ3n) is 4.80. The number of para-hydroxylation sites is 1. The normalized spacial score (nSPS) is 15.0. The van der Waals surface area contributed by atoms with Gasteiger partial charge >= 0.3 is 0 Å². The average Bonchev–Trinajstić information content (AvgIpc) is 3.06. The van der Waals surface area contributed by atoms with Crippen molar-refractivity contribution in [3.8, 4) is 5.69 Å². The second-order valence-electron chi connectivity index (χ2n) is 6.41. The largest absolute Gasteiger partial charge is 0.311 e. The number of fused-ring (bicyclic) bond motifs is 1. The van der Waals surface area contributed by atoms with Crippen LogP contribution < -0.4 is 4.90 Å². The van der Waals surface area contributed by atoms with Crippen molar-refractivity contribution in [2.75, 3.05) is 11.9 Å². The lowest BCUT2D eigenvalue weighted by Crippen LogP contribution is -2.20. The second-order valence-corrected chi connectivity index (χ2v) is 6.41. The molecule has 0 saturated carbocycles. The number of aryl methyl sites for hydroxylation is 1. The van der Waals surface area contributed by atoms with Gasteiger partial charge in [-0.15, -0.1) is 0 Å². The van der Waals surface area contributed by atoms with Gasteiger partial charge in [0.1, 0.15) is 5.82 Å². The van der Waals surface area contributed by atoms with Gasteiger partial charge in [0.15, 0.2) is 0 Å². The predicted octanol–water partition coefficient (Wildman–Crippen LogP) is 4.15. The molecule has 0 bridgehead atoms. The van der Waals surface area contributed by atoms with Gasteiger partial charge in [0.25, 0.3) is 5.91 Å². The van der Waals surface area contributed by atoms with Gasteiger partial charge in [-0.05, 0) is 50.3 Å². The van der Waals surface area contributed by atoms with Crippen LogP contribution in [0.5, 0.6) is 0 Å². The van der Waals surface area contributed by atoms with E-state index in [2.05, 4.69) is 5.10 Å². The lowest BCUT2D eigenvalue weighted by atomic mass is 10.0. The zero-order valence-electron chi connectivity index (χ0n) is 14.8. The summed E-state index contributed by atoms with van der Waals surface area (Å²) in [4.78, 5) is 14.4. The fourth-order valence-electron chi connectivity index (χ4n) is 3.38. The quantitative estimate of drug-likeness (QED) is 0.653. The second kappa shape index (κ2) is 5.95. The molecule has 1 aromatic heterocycles. The molecular weight excluding hydrogens is 329 g/mol. The van der Waals surface area contributed by atoms with Crippen LogP contribution >= 0.6 is 0 Å². The number of carbonyl (C=O) groups is 1. The first kappa shape index (κ1) is 16.3. The zero-order chi connectivity index (χ0) is 18.4. The lowest BCUT2D eigenvalue weighted by Gasteiger charge is -2.08. The molecule has 0 N–H and O–H groups in total. The summed E-state index contributed by atoms with van der Waals surface area (Å²) in [5, 5.41) is 4.58. The molecule has 0 fully saturated rings. The Hall–Kier alpha value is -3.21. The number of nitrogens with zero attached hydrogens (tertiary/aromatic N) is 3. The fraction of sp³-hybridized carbons (Fsp3) is 0.143. The first-order valence-corrected chi connectivity index (χ1v) is 8.38. The summed E-state index contributed by atoms with van der Waals surface area (Å²) >= 11 is 0. The lowest BCUT2D eigenvalue weighted by molar-refractivity contribution is -0.112. The van der Waals surface area contributed by atoms with E-state index in [0.717, 1.165) is 33.9 Å². The van der Waals surface area contributed by atoms with Crippen molar-refractivity contribution in [3.05, 3.63) is 76.9 Å². The summed E-state index contributed by atoms with van der Waals surface area (Å²) in [6, 6.07) is 14.0. The van der Waals surface area contributed by atoms with Crippen molar-refractivity contribution in [3.63, 3.8) is 0 Å². The van der Waals surface area contributed by atoms with Gasteiger partial charge in [-0.25, -0.2) is 9.07 Å². The van der Waals surface area contributed by atoms with Crippen LogP contribution in [0.4, 0.5) is 10.1 Å². The molecule has 2 heterocycles. The van der Waals surface area contributed by atoms with Crippen molar-refractivity contribution >= 4 is 23.2 Å². The Morgan fingerprint density at radius 2 is 1.73 bits per heavy atom. The smallest absolute Gasteiger partial charge is 0.258 e. The van der Waals surface area contributed by atoms with Crippen molar-refractivity contribution in [2.24, 2.45) is 0 Å². The van der Waals surface area contributed by atoms with Crippen LogP contribution in [0.3, 0.4) is 0 Å². The van der Waals surface area contributed by atoms with Crippen LogP contribution in [0.25, 0.3) is 17.3 Å². The molecule has 0 radical (unpaired) electrons. The molecule has 130 valence electrons. The number of hydrogen-bond acceptors (Lipinski definition) is 2. The first-order valence-electron chi connectivity index (χ1n) is 8.38. The highest BCUT2D eigenvalue weighted by molar-refractivity contribution is 6.35. The fourth-order valence-corrected chi connectivity index (χ4v) is 3.38. The van der Waals surface area contributed by atoms with Crippen molar-refractivity contribution < 1.29 is 9.18 Å². The van der Waals surface area contributed by atoms with E-state index in [-0.39, 0.29) is 11.7 Å². The van der Waals surface area contributed by atoms with E-state index < -0.39 is 0 Å². The number of halogens is 1. The maximum Gasteiger partial charge on any atom is 0.258 e. The molecule has 0 saturated heterocycles. The molecule has 5 heteroatoms. The van der Waals surface area contributed by atoms with Gasteiger partial charge in [0.2, 0.25) is 0 Å². The van der Waals surface area contributed by atoms with Gasteiger partial charge in [-0.2, -0.15) is 5.10 Å². The summed E-state index contributed by atoms with van der Waals surface area (Å²) in [6.07, 6.45) is 1.91. The maximum atomic E-state index is 13.2. The van der Waals surface area contributed by atoms with Crippen LogP contribution in [0.2, 0.25) is 0 Å². The van der Waals surface area contributed by atoms with E-state index >= 15 is 0 Å². The van der Waals surface area contributed by atoms with Gasteiger partial charge in [0, 0.05) is 29.4 Å². The highest BCUT2D eigenvalue weighted by Gasteiger charge is 2.29. The number of likely N-dealkylation sites (N-methyl/N-ethyl adjacent to an activating group) is 1. The molecular formula is C21H18FN3O. The minimum atomic E-state index is -0.284. The molecule has 1 aliphatic heterocycles. The summed E-state index contributed by atoms with van der Waals surface area (Å²) in [6.45, 7) is 3.86. The molecule has 0 aliphatic carbocycles. The third-order valence-corrected chi connectivity index (χ3v) is 4.80. The summed E-state index contributed by atoms with van der Waals surface area (Å²) in [7, 11) is 1.78. The van der Waals surface area contributed by atoms with E-state index in [1.54, 1.807) is 28.8 Å². The molecule has 1 aliphatic rings. The molecule has 0 unspecified atom stereocenters. The Bertz CT molecular complexity index is 1050. The van der Waals surface area contributed by atoms with Crippen molar-refractivity contribution in [1.29, 1.82) is 0 Å². The average molecular weight is 347 g/mol. The molecule has 1 amide bonds. The summed E-state index contributed by atoms with van der Waals surface area (Å²) in [5.41, 5.74) is 5.90. The van der Waals surface area contributed by atoms with Gasteiger partial charge < -0.3 is 4.90 Å². The molecule has 3 aromatic rings. The van der Waals surface area contributed by atoms with E-state index in [4.69, 9.17) is 0 Å². The highest BCUT2D eigenvalue weighted by atomic mass is 19.1. The van der Waals surface area contributed by atoms with Gasteiger partial charge in [0.05, 0.1) is 17.1 Å². The van der Waals surface area contributed by atoms with Crippen LogP contribution in [-0.4, -0.2) is 22.7 Å². The Balaban J connectivity index is 1.84. The third kappa shape index (κ3) is 2.44. The van der Waals surface area contributed by atoms with Crippen molar-refractivity contribution in [2.45, 2.75) is 13.8 Å². The van der Waals surface area contributed by atoms with Crippen LogP contribution in [0.1, 0.15) is 22.5 Å². The number of benzene rings is 2. The minimum Gasteiger partial charge on any atom is -0.311 e. The Kier molecular flexibility index (Phi) is 3.72. The molecule has 4 nitrogen and oxygen atoms in total. The van der Waals surface area contributed by atoms with Crippen molar-refractivity contribution in [1.82, 2.24) is 9.78 Å². The van der Waals surface area contributed by atoms with Gasteiger partial charge in [-0.1, -0.05) is 18.2 Å². The van der Waals surface area contributed by atoms with E-state index in [1.165, 1.54) is 12.1 Å². The summed E-state index contributed by atoms with van der Waals surface area (Å²) < 4.78 is 15.0. The number of anilines is 1. The minimum absolute atomic E-state index is 0.0282. The molecule has 2 aromatic carbocycles. The first-order chi connectivity index (χ1) is 12.5. The summed E-state index contributed by atoms with van der Waals surface area (Å²) in [5.74, 6) is -0.312. The maximum absolute atomic E-state index is 13.2. The number of carbonyl (C=O) groups excluding carboxylic acids is 1. The Labute approximate surface area is 151 Å². The van der Waals surface area contributed by atoms with Crippen LogP contribution in [0, 0.1) is 19.7 Å². The number of rotatable bonds is 2. The zero-order valence-corrected chi connectivity index (χ0v) is 14.8. The number of aromatic nitrogens is 2. The molecule has 0 spiro atoms. The standard InChI is InChI=1S/C21H18FN3O/c1-13-18(14(2)25(23-13)16-10-8-15(22)9-11-16)12-19-17-6-4-5-7-20(17)24(3)21(19)26/h4-12H,1-3H3/b19-12-. The van der Waals surface area contributed by atoms with E-state index in [0.29, 0.717) is 5.57 Å². The SMILES string of the molecule is Cc1nn(-c2ccc(F)cc2)c(C)c1/C=C1\C(=O)N(C)c2ccccc21. The molecule has 4 rings (SSSR count). The Morgan fingerprint density at radius 3 is 2.46 bits per heavy atom. The monoisotopic (exact) mass is 347 g/mol. The number of amides is 1. The van der Waals surface area contributed by atoms with E-state index in [9.17, 15) is 9.18 Å². The highest BCUT2D eigenvalue weighted by Crippen LogP contribution is 2.37. The number of hydrogen-bond donors (Lipinski definition) is 0. The topological polar surface area (TPSA) is 38.1 Å². The predicted molar refractivity (Wildman–Crippen MR) is 101 cm³/mol.